The summed E-state index contributed by atoms with van der Waals surface area (Å²) in [6, 6.07) is 5.36. The third-order valence-electron chi connectivity index (χ3n) is 4.66. The second kappa shape index (κ2) is 7.64. The number of hydrogen-bond acceptors (Lipinski definition) is 3. The molecule has 0 aromatic heterocycles. The monoisotopic (exact) mass is 330 g/mol. The summed E-state index contributed by atoms with van der Waals surface area (Å²) in [5, 5.41) is 9.56. The summed E-state index contributed by atoms with van der Waals surface area (Å²) in [5.41, 5.74) is 0.262. The van der Waals surface area contributed by atoms with Gasteiger partial charge in [-0.2, -0.15) is 13.2 Å². The van der Waals surface area contributed by atoms with Crippen LogP contribution in [0.1, 0.15) is 18.1 Å². The first-order valence-electron chi connectivity index (χ1n) is 8.01. The molecule has 0 aliphatic carbocycles. The molecule has 1 aliphatic heterocycles. The maximum atomic E-state index is 12.6. The van der Waals surface area contributed by atoms with E-state index in [4.69, 9.17) is 0 Å². The Labute approximate surface area is 135 Å². The lowest BCUT2D eigenvalue weighted by Crippen LogP contribution is -2.31. The fourth-order valence-electron chi connectivity index (χ4n) is 3.17. The lowest BCUT2D eigenvalue weighted by Gasteiger charge is -2.22. The summed E-state index contributed by atoms with van der Waals surface area (Å²) >= 11 is 0. The van der Waals surface area contributed by atoms with Crippen LogP contribution in [0.3, 0.4) is 0 Å². The Bertz CT molecular complexity index is 490. The van der Waals surface area contributed by atoms with Crippen LogP contribution in [0.15, 0.2) is 24.3 Å². The summed E-state index contributed by atoms with van der Waals surface area (Å²) < 4.78 is 37.8. The zero-order chi connectivity index (χ0) is 17.0. The molecule has 2 rings (SSSR count). The van der Waals surface area contributed by atoms with Crippen molar-refractivity contribution in [2.75, 3.05) is 39.8 Å². The summed E-state index contributed by atoms with van der Waals surface area (Å²) in [5.74, 6) is 0.637. The normalized spacial score (nSPS) is 22.9. The van der Waals surface area contributed by atoms with E-state index in [1.165, 1.54) is 0 Å². The minimum Gasteiger partial charge on any atom is -0.396 e. The van der Waals surface area contributed by atoms with Crippen molar-refractivity contribution in [1.29, 1.82) is 0 Å². The van der Waals surface area contributed by atoms with Crippen LogP contribution in [-0.4, -0.2) is 54.7 Å². The Morgan fingerprint density at radius 2 is 1.78 bits per heavy atom. The molecular weight excluding hydrogens is 305 g/mol. The van der Waals surface area contributed by atoms with Crippen molar-refractivity contribution in [3.63, 3.8) is 0 Å². The zero-order valence-corrected chi connectivity index (χ0v) is 13.7. The maximum Gasteiger partial charge on any atom is 0.416 e. The van der Waals surface area contributed by atoms with E-state index < -0.39 is 11.7 Å². The van der Waals surface area contributed by atoms with Gasteiger partial charge in [0.15, 0.2) is 0 Å². The Morgan fingerprint density at radius 1 is 1.17 bits per heavy atom. The standard InChI is InChI=1S/C17H25F3N2O/c1-3-21(2)9-14-10-22(11-15(14)12-23)8-13-4-6-16(7-5-13)17(18,19)20/h4-7,14-15,23H,3,8-12H2,1-2H3/t14-,15-/m1/s1. The average molecular weight is 330 g/mol. The average Bonchev–Trinajstić information content (AvgIpc) is 2.88. The van der Waals surface area contributed by atoms with Gasteiger partial charge in [-0.1, -0.05) is 19.1 Å². The lowest BCUT2D eigenvalue weighted by molar-refractivity contribution is -0.137. The van der Waals surface area contributed by atoms with Gasteiger partial charge in [-0.05, 0) is 43.1 Å². The van der Waals surface area contributed by atoms with Crippen molar-refractivity contribution in [2.24, 2.45) is 11.8 Å². The Balaban J connectivity index is 1.95. The molecule has 1 N–H and O–H groups in total. The third-order valence-corrected chi connectivity index (χ3v) is 4.66. The minimum absolute atomic E-state index is 0.158. The van der Waals surface area contributed by atoms with Gasteiger partial charge in [0, 0.05) is 32.8 Å². The van der Waals surface area contributed by atoms with E-state index in [0.29, 0.717) is 12.5 Å². The van der Waals surface area contributed by atoms with Crippen molar-refractivity contribution >= 4 is 0 Å². The molecule has 6 heteroatoms. The van der Waals surface area contributed by atoms with Gasteiger partial charge in [0.05, 0.1) is 5.56 Å². The molecular formula is C17H25F3N2O. The summed E-state index contributed by atoms with van der Waals surface area (Å²) in [6.07, 6.45) is -4.29. The van der Waals surface area contributed by atoms with Crippen molar-refractivity contribution in [3.8, 4) is 0 Å². The van der Waals surface area contributed by atoms with E-state index >= 15 is 0 Å². The van der Waals surface area contributed by atoms with Crippen LogP contribution in [0, 0.1) is 11.8 Å². The molecule has 1 saturated heterocycles. The molecule has 2 atom stereocenters. The maximum absolute atomic E-state index is 12.6. The number of aliphatic hydroxyl groups excluding tert-OH is 1. The molecule has 130 valence electrons. The number of halogens is 3. The molecule has 1 aliphatic rings. The first kappa shape index (κ1) is 18.2. The summed E-state index contributed by atoms with van der Waals surface area (Å²) in [7, 11) is 2.06. The highest BCUT2D eigenvalue weighted by molar-refractivity contribution is 5.24. The van der Waals surface area contributed by atoms with Crippen molar-refractivity contribution in [1.82, 2.24) is 9.80 Å². The molecule has 3 nitrogen and oxygen atoms in total. The second-order valence-electron chi connectivity index (χ2n) is 6.45. The van der Waals surface area contributed by atoms with E-state index in [1.54, 1.807) is 12.1 Å². The molecule has 0 bridgehead atoms. The number of likely N-dealkylation sites (tertiary alicyclic amines) is 1. The fourth-order valence-corrected chi connectivity index (χ4v) is 3.17. The van der Waals surface area contributed by atoms with Crippen LogP contribution >= 0.6 is 0 Å². The first-order chi connectivity index (χ1) is 10.8. The van der Waals surface area contributed by atoms with Gasteiger partial charge in [0.2, 0.25) is 0 Å². The van der Waals surface area contributed by atoms with Gasteiger partial charge >= 0.3 is 6.18 Å². The molecule has 1 heterocycles. The number of alkyl halides is 3. The van der Waals surface area contributed by atoms with E-state index in [0.717, 1.165) is 43.9 Å². The van der Waals surface area contributed by atoms with Gasteiger partial charge in [-0.25, -0.2) is 0 Å². The number of hydrogen-bond donors (Lipinski definition) is 1. The number of nitrogens with zero attached hydrogens (tertiary/aromatic N) is 2. The van der Waals surface area contributed by atoms with E-state index in [1.807, 2.05) is 0 Å². The van der Waals surface area contributed by atoms with Gasteiger partial charge in [0.25, 0.3) is 0 Å². The van der Waals surface area contributed by atoms with E-state index in [2.05, 4.69) is 23.8 Å². The molecule has 0 radical (unpaired) electrons. The Morgan fingerprint density at radius 3 is 2.30 bits per heavy atom. The van der Waals surface area contributed by atoms with Gasteiger partial charge in [0.1, 0.15) is 0 Å². The summed E-state index contributed by atoms with van der Waals surface area (Å²) in [6.45, 7) is 6.45. The molecule has 23 heavy (non-hydrogen) atoms. The lowest BCUT2D eigenvalue weighted by atomic mass is 9.96. The van der Waals surface area contributed by atoms with Crippen molar-refractivity contribution in [2.45, 2.75) is 19.6 Å². The number of benzene rings is 1. The second-order valence-corrected chi connectivity index (χ2v) is 6.45. The van der Waals surface area contributed by atoms with Gasteiger partial charge in [-0.15, -0.1) is 0 Å². The summed E-state index contributed by atoms with van der Waals surface area (Å²) in [4.78, 5) is 4.45. The van der Waals surface area contributed by atoms with Crippen LogP contribution in [0.25, 0.3) is 0 Å². The minimum atomic E-state index is -4.29. The Kier molecular flexibility index (Phi) is 6.06. The van der Waals surface area contributed by atoms with Crippen LogP contribution in [0.5, 0.6) is 0 Å². The van der Waals surface area contributed by atoms with Gasteiger partial charge < -0.3 is 10.0 Å². The molecule has 1 fully saturated rings. The van der Waals surface area contributed by atoms with Crippen LogP contribution in [-0.2, 0) is 12.7 Å². The number of aliphatic hydroxyl groups is 1. The topological polar surface area (TPSA) is 26.7 Å². The van der Waals surface area contributed by atoms with Crippen molar-refractivity contribution < 1.29 is 18.3 Å². The smallest absolute Gasteiger partial charge is 0.396 e. The predicted octanol–water partition coefficient (Wildman–Crippen LogP) is 2.70. The molecule has 1 aromatic rings. The Hall–Kier alpha value is -1.11. The number of rotatable bonds is 6. The highest BCUT2D eigenvalue weighted by Gasteiger charge is 2.33. The van der Waals surface area contributed by atoms with Crippen molar-refractivity contribution in [3.05, 3.63) is 35.4 Å². The van der Waals surface area contributed by atoms with E-state index in [-0.39, 0.29) is 12.5 Å². The molecule has 0 amide bonds. The SMILES string of the molecule is CCN(C)C[C@@H]1CN(Cc2ccc(C(F)(F)F)cc2)C[C@@H]1CO. The highest BCUT2D eigenvalue weighted by Crippen LogP contribution is 2.30. The fraction of sp³-hybridized carbons (Fsp3) is 0.647. The highest BCUT2D eigenvalue weighted by atomic mass is 19.4. The molecule has 0 spiro atoms. The quantitative estimate of drug-likeness (QED) is 0.869. The van der Waals surface area contributed by atoms with Crippen LogP contribution in [0.2, 0.25) is 0 Å². The van der Waals surface area contributed by atoms with E-state index in [9.17, 15) is 18.3 Å². The first-order valence-corrected chi connectivity index (χ1v) is 8.01. The largest absolute Gasteiger partial charge is 0.416 e. The molecule has 1 aromatic carbocycles. The molecule has 0 unspecified atom stereocenters. The van der Waals surface area contributed by atoms with Crippen LogP contribution in [0.4, 0.5) is 13.2 Å². The zero-order valence-electron chi connectivity index (χ0n) is 13.7. The molecule has 0 saturated carbocycles. The predicted molar refractivity (Wildman–Crippen MR) is 84.0 cm³/mol. The van der Waals surface area contributed by atoms with Crippen LogP contribution < -0.4 is 0 Å². The van der Waals surface area contributed by atoms with Gasteiger partial charge in [-0.3, -0.25) is 4.90 Å². The third kappa shape index (κ3) is 4.93.